The largest absolute Gasteiger partial charge is 0.463 e. The zero-order valence-corrected chi connectivity index (χ0v) is 12.9. The molecule has 0 fully saturated rings. The van der Waals surface area contributed by atoms with Gasteiger partial charge in [0.1, 0.15) is 0 Å². The number of nitrogens with zero attached hydrogens (tertiary/aromatic N) is 3. The van der Waals surface area contributed by atoms with Crippen LogP contribution in [0.3, 0.4) is 0 Å². The van der Waals surface area contributed by atoms with Crippen LogP contribution in [0.2, 0.25) is 0 Å². The molecular formula is C14H24N4O3. The number of rotatable bonds is 7. The first kappa shape index (κ1) is 17.5. The number of carbonyl (C=O) groups excluding carboxylic acids is 1. The molecule has 0 aromatic rings. The zero-order valence-electron chi connectivity index (χ0n) is 12.9. The molecule has 0 heterocycles. The molecule has 1 aliphatic carbocycles. The van der Waals surface area contributed by atoms with Gasteiger partial charge in [0.25, 0.3) is 0 Å². The summed E-state index contributed by atoms with van der Waals surface area (Å²) in [6.45, 7) is 6.11. The van der Waals surface area contributed by atoms with Gasteiger partial charge in [-0.05, 0) is 37.8 Å². The van der Waals surface area contributed by atoms with Crippen LogP contribution in [0.25, 0.3) is 10.4 Å². The Hall–Kier alpha value is -1.56. The van der Waals surface area contributed by atoms with Crippen molar-refractivity contribution in [2.75, 3.05) is 6.61 Å². The first-order valence-corrected chi connectivity index (χ1v) is 7.40. The Bertz CT molecular complexity index is 428. The second kappa shape index (κ2) is 8.67. The third kappa shape index (κ3) is 4.74. The standard InChI is InChI=1S/C14H24N4O3/c1-4-10(5-2)21-12-8-9(14(19)20-6-3)7-11(13(12)15)17-18-16/h8,10-13H,4-7,15H2,1-3H3/t11-,12+,13+/m0/s1. The van der Waals surface area contributed by atoms with Crippen molar-refractivity contribution in [3.05, 3.63) is 22.1 Å². The summed E-state index contributed by atoms with van der Waals surface area (Å²) >= 11 is 0. The number of hydrogen-bond donors (Lipinski definition) is 1. The number of nitrogens with two attached hydrogens (primary N) is 1. The molecule has 0 radical (unpaired) electrons. The molecule has 7 nitrogen and oxygen atoms in total. The van der Waals surface area contributed by atoms with Crippen molar-refractivity contribution in [2.24, 2.45) is 10.8 Å². The lowest BCUT2D eigenvalue weighted by molar-refractivity contribution is -0.139. The van der Waals surface area contributed by atoms with E-state index in [9.17, 15) is 4.79 Å². The molecule has 1 rings (SSSR count). The van der Waals surface area contributed by atoms with Gasteiger partial charge in [-0.2, -0.15) is 0 Å². The molecular weight excluding hydrogens is 272 g/mol. The third-order valence-corrected chi connectivity index (χ3v) is 3.62. The summed E-state index contributed by atoms with van der Waals surface area (Å²) in [5, 5.41) is 3.69. The molecule has 0 amide bonds. The maximum absolute atomic E-state index is 11.9. The molecule has 2 N–H and O–H groups in total. The number of azide groups is 1. The minimum Gasteiger partial charge on any atom is -0.463 e. The van der Waals surface area contributed by atoms with Crippen LogP contribution in [0.1, 0.15) is 40.0 Å². The lowest BCUT2D eigenvalue weighted by Crippen LogP contribution is -2.48. The van der Waals surface area contributed by atoms with E-state index in [0.29, 0.717) is 12.2 Å². The van der Waals surface area contributed by atoms with Crippen molar-refractivity contribution in [3.63, 3.8) is 0 Å². The highest BCUT2D eigenvalue weighted by molar-refractivity contribution is 5.89. The molecule has 0 aromatic carbocycles. The highest BCUT2D eigenvalue weighted by atomic mass is 16.5. The van der Waals surface area contributed by atoms with Crippen LogP contribution in [0, 0.1) is 0 Å². The number of carbonyl (C=O) groups is 1. The normalized spacial score (nSPS) is 25.2. The average molecular weight is 296 g/mol. The lowest BCUT2D eigenvalue weighted by Gasteiger charge is -2.33. The van der Waals surface area contributed by atoms with Crippen molar-refractivity contribution in [1.82, 2.24) is 0 Å². The highest BCUT2D eigenvalue weighted by Gasteiger charge is 2.34. The van der Waals surface area contributed by atoms with Crippen LogP contribution in [-0.4, -0.2) is 36.9 Å². The van der Waals surface area contributed by atoms with Crippen molar-refractivity contribution in [1.29, 1.82) is 0 Å². The van der Waals surface area contributed by atoms with Crippen LogP contribution < -0.4 is 5.73 Å². The van der Waals surface area contributed by atoms with Crippen LogP contribution >= 0.6 is 0 Å². The fraction of sp³-hybridized carbons (Fsp3) is 0.786. The summed E-state index contributed by atoms with van der Waals surface area (Å²) in [5.41, 5.74) is 15.2. The second-order valence-corrected chi connectivity index (χ2v) is 5.01. The van der Waals surface area contributed by atoms with Gasteiger partial charge in [-0.15, -0.1) is 0 Å². The Kier molecular flexibility index (Phi) is 7.22. The van der Waals surface area contributed by atoms with Gasteiger partial charge in [0, 0.05) is 16.5 Å². The predicted molar refractivity (Wildman–Crippen MR) is 79.5 cm³/mol. The lowest BCUT2D eigenvalue weighted by atomic mass is 9.89. The monoisotopic (exact) mass is 296 g/mol. The fourth-order valence-corrected chi connectivity index (χ4v) is 2.35. The molecule has 0 bridgehead atoms. The van der Waals surface area contributed by atoms with E-state index >= 15 is 0 Å². The number of ether oxygens (including phenoxy) is 2. The highest BCUT2D eigenvalue weighted by Crippen LogP contribution is 2.25. The average Bonchev–Trinajstić information content (AvgIpc) is 2.48. The predicted octanol–water partition coefficient (Wildman–Crippen LogP) is 2.46. The molecule has 0 aromatic heterocycles. The van der Waals surface area contributed by atoms with Gasteiger partial charge < -0.3 is 15.2 Å². The van der Waals surface area contributed by atoms with Gasteiger partial charge in [-0.3, -0.25) is 0 Å². The summed E-state index contributed by atoms with van der Waals surface area (Å²) in [6.07, 6.45) is 3.32. The Balaban J connectivity index is 2.97. The number of hydrogen-bond acceptors (Lipinski definition) is 5. The van der Waals surface area contributed by atoms with Crippen molar-refractivity contribution in [3.8, 4) is 0 Å². The maximum Gasteiger partial charge on any atom is 0.333 e. The summed E-state index contributed by atoms with van der Waals surface area (Å²) in [4.78, 5) is 14.7. The SMILES string of the molecule is CCOC(=O)C1=C[C@@H](OC(CC)CC)[C@H](N)[C@@H](N=[N+]=[N-])C1. The van der Waals surface area contributed by atoms with E-state index in [1.54, 1.807) is 13.0 Å². The van der Waals surface area contributed by atoms with Gasteiger partial charge in [-0.1, -0.05) is 19.0 Å². The Morgan fingerprint density at radius 2 is 2.19 bits per heavy atom. The van der Waals surface area contributed by atoms with Crippen molar-refractivity contribution >= 4 is 5.97 Å². The minimum absolute atomic E-state index is 0.0607. The van der Waals surface area contributed by atoms with Crippen molar-refractivity contribution in [2.45, 2.75) is 64.3 Å². The Morgan fingerprint density at radius 1 is 1.52 bits per heavy atom. The zero-order chi connectivity index (χ0) is 15.8. The smallest absolute Gasteiger partial charge is 0.333 e. The molecule has 1 aliphatic rings. The maximum atomic E-state index is 11.9. The topological polar surface area (TPSA) is 110 Å². The minimum atomic E-state index is -0.501. The van der Waals surface area contributed by atoms with Gasteiger partial charge in [0.2, 0.25) is 0 Å². The fourth-order valence-electron chi connectivity index (χ4n) is 2.35. The van der Waals surface area contributed by atoms with Gasteiger partial charge >= 0.3 is 5.97 Å². The van der Waals surface area contributed by atoms with Gasteiger partial charge in [-0.25, -0.2) is 4.79 Å². The van der Waals surface area contributed by atoms with Crippen LogP contribution in [0.15, 0.2) is 16.8 Å². The summed E-state index contributed by atoms with van der Waals surface area (Å²) in [5.74, 6) is -0.402. The molecule has 0 saturated carbocycles. The third-order valence-electron chi connectivity index (χ3n) is 3.62. The molecule has 0 saturated heterocycles. The van der Waals surface area contributed by atoms with E-state index < -0.39 is 24.2 Å². The summed E-state index contributed by atoms with van der Waals surface area (Å²) in [6, 6.07) is -0.960. The van der Waals surface area contributed by atoms with Crippen LogP contribution in [0.5, 0.6) is 0 Å². The molecule has 7 heteroatoms. The first-order chi connectivity index (χ1) is 10.1. The van der Waals surface area contributed by atoms with E-state index in [1.165, 1.54) is 0 Å². The van der Waals surface area contributed by atoms with E-state index in [0.717, 1.165) is 12.8 Å². The van der Waals surface area contributed by atoms with Crippen LogP contribution in [-0.2, 0) is 14.3 Å². The summed E-state index contributed by atoms with van der Waals surface area (Å²) in [7, 11) is 0. The molecule has 0 unspecified atom stereocenters. The first-order valence-electron chi connectivity index (χ1n) is 7.40. The Morgan fingerprint density at radius 3 is 2.71 bits per heavy atom. The molecule has 21 heavy (non-hydrogen) atoms. The molecule has 3 atom stereocenters. The second-order valence-electron chi connectivity index (χ2n) is 5.01. The quantitative estimate of drug-likeness (QED) is 0.336. The van der Waals surface area contributed by atoms with E-state index in [-0.39, 0.29) is 12.5 Å². The van der Waals surface area contributed by atoms with E-state index in [2.05, 4.69) is 10.0 Å². The van der Waals surface area contributed by atoms with Crippen molar-refractivity contribution < 1.29 is 14.3 Å². The van der Waals surface area contributed by atoms with Gasteiger partial charge in [0.15, 0.2) is 0 Å². The van der Waals surface area contributed by atoms with E-state index in [4.69, 9.17) is 20.7 Å². The molecule has 0 spiro atoms. The number of esters is 1. The van der Waals surface area contributed by atoms with Gasteiger partial charge in [0.05, 0.1) is 24.9 Å². The summed E-state index contributed by atoms with van der Waals surface area (Å²) < 4.78 is 11.0. The molecule has 0 aliphatic heterocycles. The van der Waals surface area contributed by atoms with E-state index in [1.807, 2.05) is 13.8 Å². The Labute approximate surface area is 125 Å². The van der Waals surface area contributed by atoms with Crippen LogP contribution in [0.4, 0.5) is 0 Å². The molecule has 118 valence electrons.